The lowest BCUT2D eigenvalue weighted by atomic mass is 10.1. The number of nitrogens with zero attached hydrogens (tertiary/aromatic N) is 4. The summed E-state index contributed by atoms with van der Waals surface area (Å²) in [5.41, 5.74) is 2.02. The van der Waals surface area contributed by atoms with E-state index >= 15 is 0 Å². The third-order valence-electron chi connectivity index (χ3n) is 2.84. The van der Waals surface area contributed by atoms with Gasteiger partial charge in [-0.3, -0.25) is 0 Å². The normalized spacial score (nSPS) is 12.3. The summed E-state index contributed by atoms with van der Waals surface area (Å²) in [5.74, 6) is -0.499. The second-order valence-electron chi connectivity index (χ2n) is 4.01. The summed E-state index contributed by atoms with van der Waals surface area (Å²) < 4.78 is 1.31. The average molecular weight is 246 g/mol. The Hall–Kier alpha value is -2.24. The van der Waals surface area contributed by atoms with E-state index in [1.54, 1.807) is 6.92 Å². The summed E-state index contributed by atoms with van der Waals surface area (Å²) in [7, 11) is 0. The zero-order valence-corrected chi connectivity index (χ0v) is 10.2. The number of aliphatic carboxylic acids is 1. The van der Waals surface area contributed by atoms with Crippen LogP contribution in [-0.2, 0) is 11.2 Å². The van der Waals surface area contributed by atoms with E-state index in [9.17, 15) is 4.79 Å². The minimum absolute atomic E-state index is 0.465. The zero-order chi connectivity index (χ0) is 13.1. The molecule has 1 heterocycles. The summed E-state index contributed by atoms with van der Waals surface area (Å²) in [6, 6.07) is 6.98. The van der Waals surface area contributed by atoms with Crippen molar-refractivity contribution in [2.45, 2.75) is 26.3 Å². The molecule has 2 aromatic rings. The van der Waals surface area contributed by atoms with Gasteiger partial charge in [0.05, 0.1) is 0 Å². The van der Waals surface area contributed by atoms with Crippen molar-refractivity contribution >= 4 is 5.97 Å². The predicted octanol–water partition coefficient (Wildman–Crippen LogP) is 1.55. The van der Waals surface area contributed by atoms with E-state index in [0.29, 0.717) is 5.82 Å². The molecule has 0 fully saturated rings. The first kappa shape index (κ1) is 12.2. The molecular weight excluding hydrogens is 232 g/mol. The molecule has 94 valence electrons. The molecule has 0 saturated carbocycles. The molecule has 1 aromatic carbocycles. The van der Waals surface area contributed by atoms with Crippen LogP contribution in [0.5, 0.6) is 0 Å². The highest BCUT2D eigenvalue weighted by Gasteiger charge is 2.19. The van der Waals surface area contributed by atoms with Crippen molar-refractivity contribution in [3.8, 4) is 11.4 Å². The SMILES string of the molecule is CCc1ccc(-c2nnnn2C(C)C(=O)O)cc1. The number of aromatic nitrogens is 4. The van der Waals surface area contributed by atoms with Gasteiger partial charge in [-0.15, -0.1) is 5.10 Å². The van der Waals surface area contributed by atoms with Gasteiger partial charge < -0.3 is 5.11 Å². The van der Waals surface area contributed by atoms with Gasteiger partial charge in [0.15, 0.2) is 11.9 Å². The van der Waals surface area contributed by atoms with Crippen molar-refractivity contribution in [2.75, 3.05) is 0 Å². The lowest BCUT2D eigenvalue weighted by Gasteiger charge is -2.08. The van der Waals surface area contributed by atoms with Gasteiger partial charge >= 0.3 is 5.97 Å². The molecule has 0 amide bonds. The van der Waals surface area contributed by atoms with E-state index in [0.717, 1.165) is 12.0 Å². The highest BCUT2D eigenvalue weighted by molar-refractivity contribution is 5.72. The third-order valence-corrected chi connectivity index (χ3v) is 2.84. The minimum atomic E-state index is -0.964. The number of benzene rings is 1. The molecule has 0 aliphatic heterocycles. The zero-order valence-electron chi connectivity index (χ0n) is 10.2. The highest BCUT2D eigenvalue weighted by atomic mass is 16.4. The second-order valence-corrected chi connectivity index (χ2v) is 4.01. The second kappa shape index (κ2) is 4.95. The van der Waals surface area contributed by atoms with Crippen LogP contribution in [0.1, 0.15) is 25.5 Å². The van der Waals surface area contributed by atoms with Gasteiger partial charge in [0.2, 0.25) is 0 Å². The Morgan fingerprint density at radius 2 is 2.06 bits per heavy atom. The van der Waals surface area contributed by atoms with Gasteiger partial charge in [-0.1, -0.05) is 31.2 Å². The fraction of sp³-hybridized carbons (Fsp3) is 0.333. The van der Waals surface area contributed by atoms with Gasteiger partial charge in [0.25, 0.3) is 0 Å². The van der Waals surface area contributed by atoms with Crippen LogP contribution in [0.2, 0.25) is 0 Å². The van der Waals surface area contributed by atoms with Crippen molar-refractivity contribution in [1.82, 2.24) is 20.2 Å². The molecule has 1 aromatic heterocycles. The van der Waals surface area contributed by atoms with Crippen molar-refractivity contribution in [1.29, 1.82) is 0 Å². The quantitative estimate of drug-likeness (QED) is 0.885. The van der Waals surface area contributed by atoms with Crippen molar-refractivity contribution < 1.29 is 9.90 Å². The number of hydrogen-bond acceptors (Lipinski definition) is 4. The van der Waals surface area contributed by atoms with Crippen LogP contribution >= 0.6 is 0 Å². The van der Waals surface area contributed by atoms with Crippen LogP contribution < -0.4 is 0 Å². The number of aryl methyl sites for hydroxylation is 1. The van der Waals surface area contributed by atoms with Gasteiger partial charge in [0, 0.05) is 5.56 Å². The molecule has 1 atom stereocenters. The van der Waals surface area contributed by atoms with E-state index in [-0.39, 0.29) is 0 Å². The third kappa shape index (κ3) is 2.22. The molecule has 0 aliphatic rings. The van der Waals surface area contributed by atoms with E-state index < -0.39 is 12.0 Å². The monoisotopic (exact) mass is 246 g/mol. The first-order valence-corrected chi connectivity index (χ1v) is 5.73. The molecule has 6 heteroatoms. The molecule has 1 unspecified atom stereocenters. The lowest BCUT2D eigenvalue weighted by molar-refractivity contribution is -0.140. The van der Waals surface area contributed by atoms with Crippen LogP contribution in [0.3, 0.4) is 0 Å². The Balaban J connectivity index is 2.38. The van der Waals surface area contributed by atoms with Crippen LogP contribution in [0.4, 0.5) is 0 Å². The molecule has 0 radical (unpaired) electrons. The average Bonchev–Trinajstić information content (AvgIpc) is 2.87. The minimum Gasteiger partial charge on any atom is -0.480 e. The Morgan fingerprint density at radius 1 is 1.39 bits per heavy atom. The van der Waals surface area contributed by atoms with E-state index in [4.69, 9.17) is 5.11 Å². The van der Waals surface area contributed by atoms with Crippen molar-refractivity contribution in [2.24, 2.45) is 0 Å². The lowest BCUT2D eigenvalue weighted by Crippen LogP contribution is -2.18. The molecule has 0 aliphatic carbocycles. The largest absolute Gasteiger partial charge is 0.480 e. The Labute approximate surface area is 104 Å². The maximum atomic E-state index is 11.0. The summed E-state index contributed by atoms with van der Waals surface area (Å²) in [4.78, 5) is 11.0. The fourth-order valence-electron chi connectivity index (χ4n) is 1.64. The first-order valence-electron chi connectivity index (χ1n) is 5.73. The number of rotatable bonds is 4. The highest BCUT2D eigenvalue weighted by Crippen LogP contribution is 2.19. The summed E-state index contributed by atoms with van der Waals surface area (Å²) in [6.45, 7) is 3.62. The van der Waals surface area contributed by atoms with E-state index in [1.165, 1.54) is 10.2 Å². The fourth-order valence-corrected chi connectivity index (χ4v) is 1.64. The molecule has 18 heavy (non-hydrogen) atoms. The van der Waals surface area contributed by atoms with Crippen LogP contribution in [0, 0.1) is 0 Å². The van der Waals surface area contributed by atoms with Gasteiger partial charge in [-0.05, 0) is 29.3 Å². The van der Waals surface area contributed by atoms with Gasteiger partial charge in [-0.25, -0.2) is 9.48 Å². The number of carbonyl (C=O) groups is 1. The van der Waals surface area contributed by atoms with E-state index in [1.807, 2.05) is 24.3 Å². The number of carboxylic acids is 1. The van der Waals surface area contributed by atoms with Gasteiger partial charge in [-0.2, -0.15) is 0 Å². The number of tetrazole rings is 1. The van der Waals surface area contributed by atoms with Gasteiger partial charge in [0.1, 0.15) is 0 Å². The standard InChI is InChI=1S/C12H14N4O2/c1-3-9-4-6-10(7-5-9)11-13-14-15-16(11)8(2)12(17)18/h4-8H,3H2,1-2H3,(H,17,18). The van der Waals surface area contributed by atoms with E-state index in [2.05, 4.69) is 22.4 Å². The predicted molar refractivity (Wildman–Crippen MR) is 65.0 cm³/mol. The molecule has 1 N–H and O–H groups in total. The Morgan fingerprint density at radius 3 is 2.61 bits per heavy atom. The first-order chi connectivity index (χ1) is 8.63. The maximum absolute atomic E-state index is 11.0. The smallest absolute Gasteiger partial charge is 0.328 e. The van der Waals surface area contributed by atoms with Crippen LogP contribution in [0.15, 0.2) is 24.3 Å². The summed E-state index contributed by atoms with van der Waals surface area (Å²) >= 11 is 0. The molecule has 0 bridgehead atoms. The topological polar surface area (TPSA) is 80.9 Å². The Kier molecular flexibility index (Phi) is 3.36. The molecule has 0 spiro atoms. The molecule has 0 saturated heterocycles. The number of hydrogen-bond donors (Lipinski definition) is 1. The molecular formula is C12H14N4O2. The molecule has 2 rings (SSSR count). The van der Waals surface area contributed by atoms with Crippen LogP contribution in [-0.4, -0.2) is 31.3 Å². The van der Waals surface area contributed by atoms with Crippen molar-refractivity contribution in [3.05, 3.63) is 29.8 Å². The summed E-state index contributed by atoms with van der Waals surface area (Å²) in [6.07, 6.45) is 0.955. The number of carboxylic acid groups (broad SMARTS) is 1. The summed E-state index contributed by atoms with van der Waals surface area (Å²) in [5, 5.41) is 20.2. The molecule has 6 nitrogen and oxygen atoms in total. The maximum Gasteiger partial charge on any atom is 0.328 e. The van der Waals surface area contributed by atoms with Crippen molar-refractivity contribution in [3.63, 3.8) is 0 Å². The van der Waals surface area contributed by atoms with Crippen LogP contribution in [0.25, 0.3) is 11.4 Å². The Bertz CT molecular complexity index is 547.